The average molecular weight is 440 g/mol. The van der Waals surface area contributed by atoms with Crippen LogP contribution in [0.4, 0.5) is 8.78 Å². The van der Waals surface area contributed by atoms with Gasteiger partial charge in [0.25, 0.3) is 0 Å². The molecule has 0 radical (unpaired) electrons. The fourth-order valence-electron chi connectivity index (χ4n) is 3.85. The van der Waals surface area contributed by atoms with Gasteiger partial charge in [-0.15, -0.1) is 0 Å². The van der Waals surface area contributed by atoms with Crippen molar-refractivity contribution in [2.75, 3.05) is 0 Å². The molecule has 0 spiro atoms. The lowest BCUT2D eigenvalue weighted by Crippen LogP contribution is -1.97. The first-order valence-electron chi connectivity index (χ1n) is 11.5. The fourth-order valence-corrected chi connectivity index (χ4v) is 3.85. The zero-order valence-electron chi connectivity index (χ0n) is 18.9. The topological polar surface area (TPSA) is 12.9 Å². The number of benzene rings is 3. The number of pyridine rings is 1. The number of hydrogen-bond acceptors (Lipinski definition) is 1. The maximum absolute atomic E-state index is 14.6. The van der Waals surface area contributed by atoms with Gasteiger partial charge >= 0.3 is 0 Å². The molecule has 0 atom stereocenters. The molecule has 0 aliphatic carbocycles. The quantitative estimate of drug-likeness (QED) is 0.215. The standard InChI is InChI=1S/C30H27F2N/c1-2-3-4-5-24-10-17-29(33-21-24)16-9-23-7-12-25(30(32)19-23)11-6-22-8-13-27-20-28(31)15-14-26(27)18-22/h7-8,10,12-15,17-21H,2-5,9,16H2,1H3. The highest BCUT2D eigenvalue weighted by atomic mass is 19.1. The molecule has 3 aromatic carbocycles. The molecule has 33 heavy (non-hydrogen) atoms. The van der Waals surface area contributed by atoms with Crippen LogP contribution in [0.1, 0.15) is 54.1 Å². The van der Waals surface area contributed by atoms with Gasteiger partial charge in [-0.25, -0.2) is 8.78 Å². The summed E-state index contributed by atoms with van der Waals surface area (Å²) in [4.78, 5) is 4.56. The van der Waals surface area contributed by atoms with Crippen LogP contribution in [-0.2, 0) is 19.3 Å². The Labute approximate surface area is 194 Å². The van der Waals surface area contributed by atoms with E-state index in [2.05, 4.69) is 35.9 Å². The van der Waals surface area contributed by atoms with Crippen LogP contribution in [0.15, 0.2) is 72.9 Å². The van der Waals surface area contributed by atoms with Gasteiger partial charge in [0.1, 0.15) is 11.6 Å². The van der Waals surface area contributed by atoms with Crippen molar-refractivity contribution < 1.29 is 8.78 Å². The number of aryl methyl sites for hydroxylation is 3. The zero-order chi connectivity index (χ0) is 23.0. The highest BCUT2D eigenvalue weighted by molar-refractivity contribution is 5.84. The van der Waals surface area contributed by atoms with Crippen molar-refractivity contribution in [3.05, 3.63) is 113 Å². The number of nitrogens with zero attached hydrogens (tertiary/aromatic N) is 1. The van der Waals surface area contributed by atoms with Gasteiger partial charge in [0.05, 0.1) is 5.56 Å². The van der Waals surface area contributed by atoms with E-state index in [1.807, 2.05) is 30.5 Å². The first-order chi connectivity index (χ1) is 16.1. The van der Waals surface area contributed by atoms with Crippen molar-refractivity contribution in [1.82, 2.24) is 4.98 Å². The summed E-state index contributed by atoms with van der Waals surface area (Å²) >= 11 is 0. The van der Waals surface area contributed by atoms with E-state index in [9.17, 15) is 8.78 Å². The van der Waals surface area contributed by atoms with Crippen molar-refractivity contribution in [2.45, 2.75) is 45.4 Å². The first kappa shape index (κ1) is 22.7. The fraction of sp³-hybridized carbons (Fsp3) is 0.233. The SMILES string of the molecule is CCCCCc1ccc(CCc2ccc(C#Cc3ccc4cc(F)ccc4c3)c(F)c2)nc1. The van der Waals surface area contributed by atoms with Crippen LogP contribution in [0.2, 0.25) is 0 Å². The molecule has 0 N–H and O–H groups in total. The molecule has 0 bridgehead atoms. The second-order valence-electron chi connectivity index (χ2n) is 8.39. The largest absolute Gasteiger partial charge is 0.261 e. The van der Waals surface area contributed by atoms with Gasteiger partial charge in [-0.2, -0.15) is 0 Å². The van der Waals surface area contributed by atoms with Crippen LogP contribution in [0.5, 0.6) is 0 Å². The minimum absolute atomic E-state index is 0.265. The Morgan fingerprint density at radius 1 is 0.727 bits per heavy atom. The summed E-state index contributed by atoms with van der Waals surface area (Å²) in [7, 11) is 0. The van der Waals surface area contributed by atoms with Gasteiger partial charge in [-0.3, -0.25) is 4.98 Å². The van der Waals surface area contributed by atoms with Crippen molar-refractivity contribution >= 4 is 10.8 Å². The van der Waals surface area contributed by atoms with E-state index in [-0.39, 0.29) is 11.6 Å². The van der Waals surface area contributed by atoms with Crippen molar-refractivity contribution in [3.63, 3.8) is 0 Å². The summed E-state index contributed by atoms with van der Waals surface area (Å²) in [6.45, 7) is 2.21. The molecule has 4 rings (SSSR count). The predicted molar refractivity (Wildman–Crippen MR) is 131 cm³/mol. The summed E-state index contributed by atoms with van der Waals surface area (Å²) in [6, 6.07) is 19.6. The summed E-state index contributed by atoms with van der Waals surface area (Å²) in [5, 5.41) is 1.72. The Bertz CT molecular complexity index is 1300. The molecule has 0 fully saturated rings. The first-order valence-corrected chi connectivity index (χ1v) is 11.5. The Morgan fingerprint density at radius 3 is 2.33 bits per heavy atom. The molecule has 166 valence electrons. The number of hydrogen-bond donors (Lipinski definition) is 0. The lowest BCUT2D eigenvalue weighted by Gasteiger charge is -2.05. The second-order valence-corrected chi connectivity index (χ2v) is 8.39. The maximum atomic E-state index is 14.6. The smallest absolute Gasteiger partial charge is 0.139 e. The summed E-state index contributed by atoms with van der Waals surface area (Å²) in [6.07, 6.45) is 8.22. The van der Waals surface area contributed by atoms with Gasteiger partial charge < -0.3 is 0 Å². The van der Waals surface area contributed by atoms with Crippen LogP contribution in [0, 0.1) is 23.5 Å². The molecule has 0 aliphatic heterocycles. The van der Waals surface area contributed by atoms with E-state index in [0.717, 1.165) is 46.9 Å². The van der Waals surface area contributed by atoms with Gasteiger partial charge in [0.2, 0.25) is 0 Å². The summed E-state index contributed by atoms with van der Waals surface area (Å²) < 4.78 is 27.9. The van der Waals surface area contributed by atoms with Crippen LogP contribution < -0.4 is 0 Å². The molecule has 0 saturated carbocycles. The Kier molecular flexibility index (Phi) is 7.47. The lowest BCUT2D eigenvalue weighted by atomic mass is 10.0. The Morgan fingerprint density at radius 2 is 1.55 bits per heavy atom. The lowest BCUT2D eigenvalue weighted by molar-refractivity contribution is 0.621. The number of rotatable bonds is 7. The Hall–Kier alpha value is -3.51. The molecule has 4 aromatic rings. The number of fused-ring (bicyclic) bond motifs is 1. The monoisotopic (exact) mass is 439 g/mol. The summed E-state index contributed by atoms with van der Waals surface area (Å²) in [5.74, 6) is 5.35. The van der Waals surface area contributed by atoms with E-state index in [1.165, 1.54) is 37.0 Å². The van der Waals surface area contributed by atoms with Crippen LogP contribution in [-0.4, -0.2) is 4.98 Å². The van der Waals surface area contributed by atoms with Crippen LogP contribution >= 0.6 is 0 Å². The highest BCUT2D eigenvalue weighted by Crippen LogP contribution is 2.18. The number of halogens is 2. The van der Waals surface area contributed by atoms with Crippen molar-refractivity contribution in [3.8, 4) is 11.8 Å². The average Bonchev–Trinajstić information content (AvgIpc) is 2.83. The molecular formula is C30H27F2N. The third kappa shape index (κ3) is 6.26. The molecule has 0 unspecified atom stereocenters. The molecule has 3 heteroatoms. The Balaban J connectivity index is 1.38. The molecule has 0 amide bonds. The van der Waals surface area contributed by atoms with E-state index in [1.54, 1.807) is 18.2 Å². The molecule has 1 nitrogen and oxygen atoms in total. The van der Waals surface area contributed by atoms with E-state index in [0.29, 0.717) is 5.56 Å². The number of aromatic nitrogens is 1. The molecule has 1 heterocycles. The van der Waals surface area contributed by atoms with Crippen molar-refractivity contribution in [1.29, 1.82) is 0 Å². The normalized spacial score (nSPS) is 10.8. The minimum atomic E-state index is -0.318. The van der Waals surface area contributed by atoms with Gasteiger partial charge in [-0.05, 0) is 90.0 Å². The summed E-state index contributed by atoms with van der Waals surface area (Å²) in [5.41, 5.74) is 4.36. The van der Waals surface area contributed by atoms with Gasteiger partial charge in [-0.1, -0.05) is 55.9 Å². The zero-order valence-corrected chi connectivity index (χ0v) is 18.9. The predicted octanol–water partition coefficient (Wildman–Crippen LogP) is 7.43. The van der Waals surface area contributed by atoms with Gasteiger partial charge in [0.15, 0.2) is 0 Å². The molecule has 0 saturated heterocycles. The second kappa shape index (κ2) is 10.9. The number of unbranched alkanes of at least 4 members (excludes halogenated alkanes) is 2. The maximum Gasteiger partial charge on any atom is 0.139 e. The van der Waals surface area contributed by atoms with Crippen LogP contribution in [0.3, 0.4) is 0 Å². The van der Waals surface area contributed by atoms with E-state index in [4.69, 9.17) is 0 Å². The van der Waals surface area contributed by atoms with Crippen LogP contribution in [0.25, 0.3) is 10.8 Å². The molecule has 0 aliphatic rings. The third-order valence-corrected chi connectivity index (χ3v) is 5.80. The van der Waals surface area contributed by atoms with Gasteiger partial charge in [0, 0.05) is 17.5 Å². The third-order valence-electron chi connectivity index (χ3n) is 5.80. The molecule has 1 aromatic heterocycles. The van der Waals surface area contributed by atoms with E-state index >= 15 is 0 Å². The van der Waals surface area contributed by atoms with E-state index < -0.39 is 0 Å². The minimum Gasteiger partial charge on any atom is -0.261 e. The van der Waals surface area contributed by atoms with Crippen molar-refractivity contribution in [2.24, 2.45) is 0 Å². The molecular weight excluding hydrogens is 412 g/mol. The highest BCUT2D eigenvalue weighted by Gasteiger charge is 2.04.